The van der Waals surface area contributed by atoms with Crippen LogP contribution in [-0.4, -0.2) is 26.7 Å². The molecule has 1 aromatic heterocycles. The van der Waals surface area contributed by atoms with Crippen molar-refractivity contribution >= 4 is 16.9 Å². The van der Waals surface area contributed by atoms with E-state index in [0.29, 0.717) is 6.04 Å². The summed E-state index contributed by atoms with van der Waals surface area (Å²) >= 11 is 1.84. The zero-order valence-corrected chi connectivity index (χ0v) is 12.4. The highest BCUT2D eigenvalue weighted by Gasteiger charge is 2.20. The van der Waals surface area contributed by atoms with Crippen LogP contribution in [-0.2, 0) is 13.6 Å². The Kier molecular flexibility index (Phi) is 4.32. The molecule has 18 heavy (non-hydrogen) atoms. The first-order valence-electron chi connectivity index (χ1n) is 6.47. The summed E-state index contributed by atoms with van der Waals surface area (Å²) in [6.07, 6.45) is 3.13. The Bertz CT molecular complexity index is 436. The number of aliphatic imine (C=N–C) groups is 1. The van der Waals surface area contributed by atoms with Gasteiger partial charge in [-0.25, -0.2) is 0 Å². The van der Waals surface area contributed by atoms with Gasteiger partial charge in [0.1, 0.15) is 0 Å². The molecule has 2 rings (SSSR count). The zero-order valence-electron chi connectivity index (χ0n) is 11.6. The summed E-state index contributed by atoms with van der Waals surface area (Å²) in [4.78, 5) is 4.64. The molecule has 0 aromatic carbocycles. The number of rotatable bonds is 4. The van der Waals surface area contributed by atoms with E-state index in [-0.39, 0.29) is 0 Å². The topological polar surface area (TPSA) is 42.2 Å². The second kappa shape index (κ2) is 5.78. The van der Waals surface area contributed by atoms with Crippen molar-refractivity contribution in [2.45, 2.75) is 39.8 Å². The predicted octanol–water partition coefficient (Wildman–Crippen LogP) is 2.34. The number of hydrogen-bond donors (Lipinski definition) is 1. The third-order valence-electron chi connectivity index (χ3n) is 3.23. The van der Waals surface area contributed by atoms with Gasteiger partial charge in [0, 0.05) is 30.1 Å². The number of aromatic nitrogens is 2. The summed E-state index contributed by atoms with van der Waals surface area (Å²) in [7, 11) is 1.97. The van der Waals surface area contributed by atoms with Crippen molar-refractivity contribution in [2.75, 3.05) is 5.75 Å². The lowest BCUT2D eigenvalue weighted by molar-refractivity contribution is 0.502. The Balaban J connectivity index is 1.90. The number of nitrogens with zero attached hydrogens (tertiary/aromatic N) is 3. The predicted molar refractivity (Wildman–Crippen MR) is 77.9 cm³/mol. The highest BCUT2D eigenvalue weighted by Crippen LogP contribution is 2.19. The molecule has 1 saturated heterocycles. The van der Waals surface area contributed by atoms with Gasteiger partial charge >= 0.3 is 0 Å². The van der Waals surface area contributed by atoms with Crippen LogP contribution in [0.15, 0.2) is 11.2 Å². The molecule has 0 bridgehead atoms. The molecule has 1 aromatic rings. The van der Waals surface area contributed by atoms with Crippen molar-refractivity contribution in [1.82, 2.24) is 15.1 Å². The van der Waals surface area contributed by atoms with Crippen LogP contribution < -0.4 is 5.32 Å². The highest BCUT2D eigenvalue weighted by atomic mass is 32.2. The third-order valence-corrected chi connectivity index (χ3v) is 4.32. The van der Waals surface area contributed by atoms with Gasteiger partial charge in [0.2, 0.25) is 0 Å². The molecular weight excluding hydrogens is 244 g/mol. The minimum absolute atomic E-state index is 0.587. The molecule has 0 saturated carbocycles. The van der Waals surface area contributed by atoms with E-state index in [9.17, 15) is 0 Å². The molecule has 2 heterocycles. The van der Waals surface area contributed by atoms with Gasteiger partial charge in [-0.15, -0.1) is 0 Å². The smallest absolute Gasteiger partial charge is 0.157 e. The lowest BCUT2D eigenvalue weighted by atomic mass is 10.1. The fourth-order valence-electron chi connectivity index (χ4n) is 2.08. The average Bonchev–Trinajstić information content (AvgIpc) is 2.86. The second-order valence-electron chi connectivity index (χ2n) is 5.28. The van der Waals surface area contributed by atoms with Gasteiger partial charge in [-0.2, -0.15) is 5.10 Å². The van der Waals surface area contributed by atoms with E-state index >= 15 is 0 Å². The molecule has 1 aliphatic rings. The van der Waals surface area contributed by atoms with E-state index < -0.39 is 0 Å². The quantitative estimate of drug-likeness (QED) is 0.909. The van der Waals surface area contributed by atoms with Crippen molar-refractivity contribution < 1.29 is 0 Å². The fraction of sp³-hybridized carbons (Fsp3) is 0.692. The van der Waals surface area contributed by atoms with E-state index in [4.69, 9.17) is 0 Å². The Morgan fingerprint density at radius 2 is 2.39 bits per heavy atom. The van der Waals surface area contributed by atoms with Gasteiger partial charge in [-0.05, 0) is 19.3 Å². The first kappa shape index (κ1) is 13.5. The first-order chi connectivity index (χ1) is 8.56. The number of aryl methyl sites for hydroxylation is 1. The van der Waals surface area contributed by atoms with Crippen molar-refractivity contribution in [1.29, 1.82) is 0 Å². The van der Waals surface area contributed by atoms with Crippen molar-refractivity contribution in [2.24, 2.45) is 18.0 Å². The zero-order chi connectivity index (χ0) is 13.1. The van der Waals surface area contributed by atoms with Crippen LogP contribution >= 0.6 is 11.8 Å². The van der Waals surface area contributed by atoms with Crippen molar-refractivity contribution in [3.8, 4) is 0 Å². The lowest BCUT2D eigenvalue weighted by Crippen LogP contribution is -2.28. The maximum atomic E-state index is 4.64. The molecule has 1 aliphatic heterocycles. The Hall–Kier alpha value is -0.970. The monoisotopic (exact) mass is 266 g/mol. The van der Waals surface area contributed by atoms with E-state index in [1.54, 1.807) is 0 Å². The second-order valence-corrected chi connectivity index (χ2v) is 6.29. The van der Waals surface area contributed by atoms with Crippen LogP contribution in [0.1, 0.15) is 31.5 Å². The number of amidine groups is 1. The van der Waals surface area contributed by atoms with Crippen LogP contribution in [0.5, 0.6) is 0 Å². The maximum Gasteiger partial charge on any atom is 0.157 e. The van der Waals surface area contributed by atoms with Crippen molar-refractivity contribution in [3.63, 3.8) is 0 Å². The largest absolute Gasteiger partial charge is 0.361 e. The third kappa shape index (κ3) is 3.28. The van der Waals surface area contributed by atoms with Gasteiger partial charge in [-0.1, -0.05) is 25.6 Å². The van der Waals surface area contributed by atoms with E-state index in [2.05, 4.69) is 36.2 Å². The normalized spacial score (nSPS) is 21.8. The molecule has 0 radical (unpaired) electrons. The molecule has 100 valence electrons. The van der Waals surface area contributed by atoms with Gasteiger partial charge in [-0.3, -0.25) is 9.67 Å². The van der Waals surface area contributed by atoms with Gasteiger partial charge < -0.3 is 5.32 Å². The molecule has 0 spiro atoms. The summed E-state index contributed by atoms with van der Waals surface area (Å²) in [5, 5.41) is 8.83. The highest BCUT2D eigenvalue weighted by molar-refractivity contribution is 8.14. The standard InChI is InChI=1S/C13H22N4S/c1-9(2)5-12-8-18-13(16-12)14-6-11-7-15-17(4)10(11)3/h7,9,12H,5-6,8H2,1-4H3,(H,14,16). The van der Waals surface area contributed by atoms with E-state index in [0.717, 1.165) is 23.4 Å². The number of nitrogens with one attached hydrogen (secondary N) is 1. The van der Waals surface area contributed by atoms with Crippen LogP contribution in [0.2, 0.25) is 0 Å². The number of hydrogen-bond acceptors (Lipinski definition) is 3. The number of thioether (sulfide) groups is 1. The summed E-state index contributed by atoms with van der Waals surface area (Å²) in [5.74, 6) is 1.88. The Labute approximate surface area is 113 Å². The minimum atomic E-state index is 0.587. The molecular formula is C13H22N4S. The SMILES string of the molecule is Cc1c(CN=C2NC(CC(C)C)CS2)cnn1C. The lowest BCUT2D eigenvalue weighted by Gasteiger charge is -2.11. The minimum Gasteiger partial charge on any atom is -0.361 e. The summed E-state index contributed by atoms with van der Waals surface area (Å²) < 4.78 is 1.90. The molecule has 1 unspecified atom stereocenters. The molecule has 1 N–H and O–H groups in total. The first-order valence-corrected chi connectivity index (χ1v) is 7.46. The van der Waals surface area contributed by atoms with Crippen LogP contribution in [0, 0.1) is 12.8 Å². The molecule has 5 heteroatoms. The maximum absolute atomic E-state index is 4.64. The fourth-order valence-corrected chi connectivity index (χ4v) is 3.07. The Morgan fingerprint density at radius 3 is 3.00 bits per heavy atom. The summed E-state index contributed by atoms with van der Waals surface area (Å²) in [5.41, 5.74) is 2.40. The molecule has 1 fully saturated rings. The summed E-state index contributed by atoms with van der Waals surface area (Å²) in [6, 6.07) is 0.587. The van der Waals surface area contributed by atoms with Crippen LogP contribution in [0.3, 0.4) is 0 Å². The van der Waals surface area contributed by atoms with Gasteiger partial charge in [0.15, 0.2) is 5.17 Å². The summed E-state index contributed by atoms with van der Waals surface area (Å²) in [6.45, 7) is 7.34. The van der Waals surface area contributed by atoms with E-state index in [1.807, 2.05) is 29.7 Å². The van der Waals surface area contributed by atoms with Crippen LogP contribution in [0.25, 0.3) is 0 Å². The Morgan fingerprint density at radius 1 is 1.61 bits per heavy atom. The molecule has 1 atom stereocenters. The molecule has 4 nitrogen and oxygen atoms in total. The molecule has 0 aliphatic carbocycles. The molecule has 0 amide bonds. The van der Waals surface area contributed by atoms with E-state index in [1.165, 1.54) is 17.7 Å². The van der Waals surface area contributed by atoms with Gasteiger partial charge in [0.25, 0.3) is 0 Å². The van der Waals surface area contributed by atoms with Gasteiger partial charge in [0.05, 0.1) is 12.7 Å². The average molecular weight is 266 g/mol. The van der Waals surface area contributed by atoms with Crippen molar-refractivity contribution in [3.05, 3.63) is 17.5 Å². The van der Waals surface area contributed by atoms with Crippen LogP contribution in [0.4, 0.5) is 0 Å².